The molecule has 94 valence electrons. The Morgan fingerprint density at radius 2 is 1.83 bits per heavy atom. The molecule has 0 aliphatic rings. The first kappa shape index (κ1) is 12.6. The van der Waals surface area contributed by atoms with Crippen molar-refractivity contribution in [3.05, 3.63) is 41.8 Å². The third-order valence-corrected chi connectivity index (χ3v) is 2.23. The number of benzene rings is 1. The fourth-order valence-corrected chi connectivity index (χ4v) is 1.52. The van der Waals surface area contributed by atoms with E-state index in [-0.39, 0.29) is 22.2 Å². The van der Waals surface area contributed by atoms with Crippen molar-refractivity contribution in [3.8, 4) is 17.0 Å². The van der Waals surface area contributed by atoms with Crippen LogP contribution < -0.4 is 4.74 Å². The quantitative estimate of drug-likeness (QED) is 0.783. The van der Waals surface area contributed by atoms with Crippen LogP contribution in [-0.4, -0.2) is 16.3 Å². The van der Waals surface area contributed by atoms with Crippen molar-refractivity contribution < 1.29 is 17.9 Å². The number of rotatable bonds is 2. The van der Waals surface area contributed by atoms with Gasteiger partial charge in [-0.25, -0.2) is 9.97 Å². The van der Waals surface area contributed by atoms with Gasteiger partial charge in [-0.2, -0.15) is 0 Å². The molecule has 7 heteroatoms. The summed E-state index contributed by atoms with van der Waals surface area (Å²) in [4.78, 5) is 7.52. The van der Waals surface area contributed by atoms with E-state index in [1.54, 1.807) is 6.07 Å². The van der Waals surface area contributed by atoms with Crippen molar-refractivity contribution >= 4 is 11.6 Å². The topological polar surface area (TPSA) is 35.0 Å². The van der Waals surface area contributed by atoms with Gasteiger partial charge in [0.1, 0.15) is 17.2 Å². The molecule has 0 unspecified atom stereocenters. The highest BCUT2D eigenvalue weighted by molar-refractivity contribution is 6.29. The van der Waals surface area contributed by atoms with Crippen LogP contribution in [0.5, 0.6) is 5.75 Å². The number of aromatic nitrogens is 2. The third-order valence-electron chi connectivity index (χ3n) is 2.02. The Balaban J connectivity index is 2.45. The Morgan fingerprint density at radius 1 is 1.11 bits per heavy atom. The maximum absolute atomic E-state index is 12.2. The number of hydrogen-bond acceptors (Lipinski definition) is 3. The molecule has 0 N–H and O–H groups in total. The van der Waals surface area contributed by atoms with Gasteiger partial charge in [-0.1, -0.05) is 23.7 Å². The molecule has 0 radical (unpaired) electrons. The van der Waals surface area contributed by atoms with Crippen LogP contribution in [0.1, 0.15) is 0 Å². The summed E-state index contributed by atoms with van der Waals surface area (Å²) in [5.41, 5.74) is 0.453. The lowest BCUT2D eigenvalue weighted by Gasteiger charge is -2.12. The molecule has 0 saturated carbocycles. The first-order valence-corrected chi connectivity index (χ1v) is 5.16. The van der Waals surface area contributed by atoms with Gasteiger partial charge in [0, 0.05) is 11.6 Å². The second kappa shape index (κ2) is 4.81. The zero-order valence-corrected chi connectivity index (χ0v) is 9.53. The average molecular weight is 275 g/mol. The normalized spacial score (nSPS) is 11.3. The zero-order valence-electron chi connectivity index (χ0n) is 8.78. The van der Waals surface area contributed by atoms with Gasteiger partial charge in [-0.15, -0.1) is 13.2 Å². The van der Waals surface area contributed by atoms with Crippen molar-refractivity contribution in [2.24, 2.45) is 0 Å². The van der Waals surface area contributed by atoms with Crippen molar-refractivity contribution in [2.45, 2.75) is 6.36 Å². The Kier molecular flexibility index (Phi) is 3.38. The summed E-state index contributed by atoms with van der Waals surface area (Å²) >= 11 is 5.67. The van der Waals surface area contributed by atoms with Crippen LogP contribution in [0, 0.1) is 0 Å². The number of alkyl halides is 3. The summed E-state index contributed by atoms with van der Waals surface area (Å²) in [6.07, 6.45) is -3.59. The number of ether oxygens (including phenoxy) is 1. The van der Waals surface area contributed by atoms with E-state index >= 15 is 0 Å². The fraction of sp³-hybridized carbons (Fsp3) is 0.0909. The summed E-state index contributed by atoms with van der Waals surface area (Å²) in [7, 11) is 0. The number of nitrogens with zero attached hydrogens (tertiary/aromatic N) is 2. The fourth-order valence-electron chi connectivity index (χ4n) is 1.37. The second-order valence-corrected chi connectivity index (χ2v) is 3.66. The molecular formula is C11H6ClF3N2O. The maximum Gasteiger partial charge on any atom is 0.573 e. The van der Waals surface area contributed by atoms with E-state index in [4.69, 9.17) is 11.6 Å². The largest absolute Gasteiger partial charge is 0.573 e. The predicted octanol–water partition coefficient (Wildman–Crippen LogP) is 3.70. The van der Waals surface area contributed by atoms with Gasteiger partial charge in [0.15, 0.2) is 0 Å². The lowest BCUT2D eigenvalue weighted by atomic mass is 10.1. The van der Waals surface area contributed by atoms with Crippen molar-refractivity contribution in [1.82, 2.24) is 9.97 Å². The van der Waals surface area contributed by atoms with Gasteiger partial charge in [0.25, 0.3) is 0 Å². The van der Waals surface area contributed by atoms with Crippen LogP contribution in [0.3, 0.4) is 0 Å². The Hall–Kier alpha value is -1.82. The van der Waals surface area contributed by atoms with Gasteiger partial charge in [0.05, 0.1) is 5.69 Å². The molecular weight excluding hydrogens is 269 g/mol. The highest BCUT2D eigenvalue weighted by Gasteiger charge is 2.32. The lowest BCUT2D eigenvalue weighted by Crippen LogP contribution is -2.17. The first-order valence-electron chi connectivity index (χ1n) is 4.78. The van der Waals surface area contributed by atoms with E-state index in [0.717, 1.165) is 0 Å². The average Bonchev–Trinajstić information content (AvgIpc) is 2.27. The highest BCUT2D eigenvalue weighted by atomic mass is 35.5. The van der Waals surface area contributed by atoms with E-state index in [2.05, 4.69) is 14.7 Å². The molecule has 1 aromatic heterocycles. The summed E-state index contributed by atoms with van der Waals surface area (Å²) in [6.45, 7) is 0. The maximum atomic E-state index is 12.2. The van der Waals surface area contributed by atoms with Crippen LogP contribution in [0.2, 0.25) is 5.15 Å². The minimum Gasteiger partial charge on any atom is -0.405 e. The molecule has 0 atom stereocenters. The smallest absolute Gasteiger partial charge is 0.405 e. The molecule has 0 saturated heterocycles. The monoisotopic (exact) mass is 274 g/mol. The van der Waals surface area contributed by atoms with E-state index in [1.807, 2.05) is 0 Å². The van der Waals surface area contributed by atoms with Gasteiger partial charge in [-0.05, 0) is 12.1 Å². The van der Waals surface area contributed by atoms with E-state index < -0.39 is 6.36 Å². The first-order chi connectivity index (χ1) is 8.46. The summed E-state index contributed by atoms with van der Waals surface area (Å²) in [6, 6.07) is 7.04. The molecule has 0 aliphatic carbocycles. The molecule has 3 nitrogen and oxygen atoms in total. The van der Waals surface area contributed by atoms with Crippen LogP contribution in [0.25, 0.3) is 11.3 Å². The molecule has 0 spiro atoms. The van der Waals surface area contributed by atoms with Gasteiger partial charge >= 0.3 is 6.36 Å². The van der Waals surface area contributed by atoms with Crippen LogP contribution in [0.15, 0.2) is 36.7 Å². The predicted molar refractivity (Wildman–Crippen MR) is 59.2 cm³/mol. The van der Waals surface area contributed by atoms with Crippen molar-refractivity contribution in [2.75, 3.05) is 0 Å². The van der Waals surface area contributed by atoms with Crippen LogP contribution in [0.4, 0.5) is 13.2 Å². The summed E-state index contributed by atoms with van der Waals surface area (Å²) in [5, 5.41) is 0.141. The molecule has 0 fully saturated rings. The third kappa shape index (κ3) is 3.10. The van der Waals surface area contributed by atoms with Crippen molar-refractivity contribution in [3.63, 3.8) is 0 Å². The SMILES string of the molecule is FC(F)(F)Oc1ccccc1-c1cc(Cl)ncn1. The molecule has 0 aliphatic heterocycles. The number of hydrogen-bond donors (Lipinski definition) is 0. The Labute approximate surface area is 105 Å². The Bertz CT molecular complexity index is 560. The molecule has 2 aromatic rings. The lowest BCUT2D eigenvalue weighted by molar-refractivity contribution is -0.274. The summed E-state index contributed by atoms with van der Waals surface area (Å²) < 4.78 is 40.6. The number of para-hydroxylation sites is 1. The van der Waals surface area contributed by atoms with Gasteiger partial charge in [-0.3, -0.25) is 0 Å². The minimum absolute atomic E-state index is 0.141. The van der Waals surface area contributed by atoms with Gasteiger partial charge < -0.3 is 4.74 Å². The van der Waals surface area contributed by atoms with Crippen LogP contribution in [-0.2, 0) is 0 Å². The van der Waals surface area contributed by atoms with E-state index in [1.165, 1.54) is 30.6 Å². The standard InChI is InChI=1S/C11H6ClF3N2O/c12-10-5-8(16-6-17-10)7-3-1-2-4-9(7)18-11(13,14)15/h1-6H. The molecule has 18 heavy (non-hydrogen) atoms. The molecule has 1 aromatic carbocycles. The molecule has 2 rings (SSSR count). The Morgan fingerprint density at radius 3 is 2.50 bits per heavy atom. The number of halogens is 4. The molecule has 0 bridgehead atoms. The van der Waals surface area contributed by atoms with Crippen molar-refractivity contribution in [1.29, 1.82) is 0 Å². The van der Waals surface area contributed by atoms with E-state index in [9.17, 15) is 13.2 Å². The van der Waals surface area contributed by atoms with E-state index in [0.29, 0.717) is 0 Å². The zero-order chi connectivity index (χ0) is 13.2. The minimum atomic E-state index is -4.76. The summed E-state index contributed by atoms with van der Waals surface area (Å²) in [5.74, 6) is -0.334. The molecule has 1 heterocycles. The van der Waals surface area contributed by atoms with Crippen LogP contribution >= 0.6 is 11.6 Å². The molecule has 0 amide bonds. The van der Waals surface area contributed by atoms with Gasteiger partial charge in [0.2, 0.25) is 0 Å². The highest BCUT2D eigenvalue weighted by Crippen LogP contribution is 2.32. The second-order valence-electron chi connectivity index (χ2n) is 3.27.